The van der Waals surface area contributed by atoms with Gasteiger partial charge < -0.3 is 25.0 Å². The van der Waals surface area contributed by atoms with Crippen molar-refractivity contribution in [1.29, 1.82) is 0 Å². The van der Waals surface area contributed by atoms with Gasteiger partial charge in [-0.25, -0.2) is 17.6 Å². The van der Waals surface area contributed by atoms with Gasteiger partial charge in [0.1, 0.15) is 17.7 Å². The normalized spacial score (nSPS) is 17.8. The summed E-state index contributed by atoms with van der Waals surface area (Å²) in [7, 11) is -2.40. The molecule has 1 aliphatic rings. The maximum atomic E-state index is 13.7. The van der Waals surface area contributed by atoms with Crippen molar-refractivity contribution in [3.63, 3.8) is 0 Å². The van der Waals surface area contributed by atoms with Gasteiger partial charge in [0.25, 0.3) is 15.9 Å². The molecule has 3 N–H and O–H groups in total. The number of anilines is 2. The average molecular weight is 619 g/mol. The lowest BCUT2D eigenvalue weighted by atomic mass is 9.99. The van der Waals surface area contributed by atoms with Crippen molar-refractivity contribution in [1.82, 2.24) is 9.80 Å². The Morgan fingerprint density at radius 2 is 1.79 bits per heavy atom. The minimum absolute atomic E-state index is 0.00686. The zero-order valence-corrected chi connectivity index (χ0v) is 24.8. The molecule has 0 saturated carbocycles. The van der Waals surface area contributed by atoms with E-state index in [9.17, 15) is 27.5 Å². The van der Waals surface area contributed by atoms with Crippen LogP contribution in [-0.2, 0) is 10.0 Å². The second-order valence-corrected chi connectivity index (χ2v) is 12.3. The minimum atomic E-state index is -3.98. The van der Waals surface area contributed by atoms with Gasteiger partial charge in [0, 0.05) is 35.9 Å². The summed E-state index contributed by atoms with van der Waals surface area (Å²) >= 11 is 5.88. The third-order valence-electron chi connectivity index (χ3n) is 6.94. The van der Waals surface area contributed by atoms with Crippen LogP contribution in [0.15, 0.2) is 71.6 Å². The maximum Gasteiger partial charge on any atom is 0.321 e. The highest BCUT2D eigenvalue weighted by Crippen LogP contribution is 2.31. The smallest absolute Gasteiger partial charge is 0.321 e. The van der Waals surface area contributed by atoms with Crippen molar-refractivity contribution in [2.24, 2.45) is 5.92 Å². The molecule has 3 aromatic carbocycles. The number of sulfonamides is 1. The predicted octanol–water partition coefficient (Wildman–Crippen LogP) is 4.66. The molecule has 0 spiro atoms. The van der Waals surface area contributed by atoms with E-state index < -0.39 is 39.9 Å². The number of urea groups is 1. The number of rotatable bonds is 8. The van der Waals surface area contributed by atoms with Crippen LogP contribution < -0.4 is 14.8 Å². The fourth-order valence-corrected chi connectivity index (χ4v) is 5.61. The topological polar surface area (TPSA) is 128 Å². The summed E-state index contributed by atoms with van der Waals surface area (Å²) in [6.07, 6.45) is -0.578. The Balaban J connectivity index is 1.61. The number of carbonyl (C=O) groups is 2. The lowest BCUT2D eigenvalue weighted by Gasteiger charge is -2.38. The van der Waals surface area contributed by atoms with Crippen LogP contribution in [0.5, 0.6) is 5.75 Å². The Hall–Kier alpha value is -3.87. The van der Waals surface area contributed by atoms with Crippen LogP contribution in [-0.4, -0.2) is 74.2 Å². The molecule has 0 aromatic heterocycles. The van der Waals surface area contributed by atoms with Crippen molar-refractivity contribution in [3.05, 3.63) is 83.1 Å². The third-order valence-corrected chi connectivity index (χ3v) is 8.59. The quantitative estimate of drug-likeness (QED) is 0.337. The Bertz CT molecular complexity index is 1540. The van der Waals surface area contributed by atoms with E-state index in [1.54, 1.807) is 14.0 Å². The number of aliphatic hydroxyl groups is 1. The number of nitrogens with zero attached hydrogens (tertiary/aromatic N) is 2. The summed E-state index contributed by atoms with van der Waals surface area (Å²) in [5.74, 6) is -0.922. The molecule has 13 heteroatoms. The number of benzene rings is 3. The Morgan fingerprint density at radius 3 is 2.43 bits per heavy atom. The highest BCUT2D eigenvalue weighted by molar-refractivity contribution is 7.92. The van der Waals surface area contributed by atoms with Crippen LogP contribution in [0, 0.1) is 11.7 Å². The number of aliphatic hydroxyl groups excluding tert-OH is 1. The molecule has 1 aliphatic heterocycles. The zero-order chi connectivity index (χ0) is 30.6. The van der Waals surface area contributed by atoms with Crippen molar-refractivity contribution in [2.75, 3.05) is 36.8 Å². The number of fused-ring (bicyclic) bond motifs is 1. The number of carbonyl (C=O) groups excluding carboxylic acids is 2. The fourth-order valence-electron chi connectivity index (χ4n) is 4.44. The van der Waals surface area contributed by atoms with Crippen molar-refractivity contribution in [3.8, 4) is 5.75 Å². The van der Waals surface area contributed by atoms with E-state index in [-0.39, 0.29) is 47.5 Å². The van der Waals surface area contributed by atoms with Gasteiger partial charge in [-0.1, -0.05) is 18.5 Å². The summed E-state index contributed by atoms with van der Waals surface area (Å²) in [6, 6.07) is 14.4. The van der Waals surface area contributed by atoms with E-state index in [4.69, 9.17) is 16.3 Å². The summed E-state index contributed by atoms with van der Waals surface area (Å²) in [5.41, 5.74) is 0.660. The minimum Gasteiger partial charge on any atom is -0.487 e. The summed E-state index contributed by atoms with van der Waals surface area (Å²) in [5, 5.41) is 13.0. The van der Waals surface area contributed by atoms with Gasteiger partial charge in [0.15, 0.2) is 0 Å². The van der Waals surface area contributed by atoms with E-state index in [0.29, 0.717) is 10.7 Å². The second kappa shape index (κ2) is 13.0. The zero-order valence-electron chi connectivity index (χ0n) is 23.3. The van der Waals surface area contributed by atoms with Crippen molar-refractivity contribution >= 4 is 44.9 Å². The molecule has 3 amide bonds. The van der Waals surface area contributed by atoms with Gasteiger partial charge in [0.2, 0.25) is 0 Å². The van der Waals surface area contributed by atoms with Crippen LogP contribution >= 0.6 is 11.6 Å². The molecule has 0 radical (unpaired) electrons. The largest absolute Gasteiger partial charge is 0.487 e. The number of nitrogens with one attached hydrogen (secondary N) is 2. The molecule has 224 valence electrons. The average Bonchev–Trinajstić information content (AvgIpc) is 2.96. The number of halogens is 2. The number of hydrogen-bond donors (Lipinski definition) is 3. The molecule has 3 aromatic rings. The van der Waals surface area contributed by atoms with Gasteiger partial charge in [-0.3, -0.25) is 9.52 Å². The maximum absolute atomic E-state index is 13.7. The number of hydrogen-bond acceptors (Lipinski definition) is 6. The van der Waals surface area contributed by atoms with E-state index in [2.05, 4.69) is 10.0 Å². The van der Waals surface area contributed by atoms with E-state index in [1.807, 2.05) is 6.92 Å². The highest BCUT2D eigenvalue weighted by Gasteiger charge is 2.34. The van der Waals surface area contributed by atoms with Crippen LogP contribution in [0.4, 0.5) is 20.6 Å². The fraction of sp³-hybridized carbons (Fsp3) is 0.310. The Morgan fingerprint density at radius 1 is 1.14 bits per heavy atom. The first-order chi connectivity index (χ1) is 19.9. The van der Waals surface area contributed by atoms with Crippen LogP contribution in [0.25, 0.3) is 0 Å². The molecule has 42 heavy (non-hydrogen) atoms. The van der Waals surface area contributed by atoms with Crippen LogP contribution in [0.2, 0.25) is 5.02 Å². The molecule has 0 bridgehead atoms. The molecule has 1 heterocycles. The van der Waals surface area contributed by atoms with E-state index >= 15 is 0 Å². The molecule has 0 aliphatic carbocycles. The lowest BCUT2D eigenvalue weighted by Crippen LogP contribution is -2.50. The summed E-state index contributed by atoms with van der Waals surface area (Å²) in [4.78, 5) is 29.4. The first-order valence-corrected chi connectivity index (χ1v) is 15.0. The Labute approximate surface area is 249 Å². The lowest BCUT2D eigenvalue weighted by molar-refractivity contribution is 0.0371. The molecule has 4 rings (SSSR count). The first kappa shape index (κ1) is 31.1. The highest BCUT2D eigenvalue weighted by atomic mass is 35.5. The van der Waals surface area contributed by atoms with E-state index in [0.717, 1.165) is 0 Å². The molecular formula is C29H32ClFN4O6S. The predicted molar refractivity (Wildman–Crippen MR) is 158 cm³/mol. The number of likely N-dealkylation sites (N-methyl/N-ethyl adjacent to an activating group) is 1. The number of amides is 3. The van der Waals surface area contributed by atoms with Gasteiger partial charge in [-0.05, 0) is 73.7 Å². The second-order valence-electron chi connectivity index (χ2n) is 10.2. The summed E-state index contributed by atoms with van der Waals surface area (Å²) < 4.78 is 47.9. The third kappa shape index (κ3) is 7.30. The van der Waals surface area contributed by atoms with Crippen LogP contribution in [0.3, 0.4) is 0 Å². The monoisotopic (exact) mass is 618 g/mol. The molecule has 10 nitrogen and oxygen atoms in total. The molecule has 0 fully saturated rings. The van der Waals surface area contributed by atoms with Gasteiger partial charge >= 0.3 is 6.03 Å². The molecule has 0 saturated heterocycles. The number of ether oxygens (including phenoxy) is 1. The van der Waals surface area contributed by atoms with Gasteiger partial charge in [-0.2, -0.15) is 0 Å². The molecule has 3 atom stereocenters. The molecule has 0 unspecified atom stereocenters. The van der Waals surface area contributed by atoms with Gasteiger partial charge in [-0.15, -0.1) is 0 Å². The first-order valence-electron chi connectivity index (χ1n) is 13.2. The SMILES string of the molecule is C[C@H](CO)N1C[C@H](C)[C@@H](CN(C)C(=O)Nc2ccc(F)cc2)Oc2ccc(NS(=O)(=O)c3ccc(Cl)cc3)cc2C1=O. The Kier molecular flexibility index (Phi) is 9.60. The van der Waals surface area contributed by atoms with Gasteiger partial charge in [0.05, 0.1) is 29.7 Å². The van der Waals surface area contributed by atoms with E-state index in [1.165, 1.54) is 76.5 Å². The summed E-state index contributed by atoms with van der Waals surface area (Å²) in [6.45, 7) is 3.63. The molecular weight excluding hydrogens is 587 g/mol. The van der Waals surface area contributed by atoms with Crippen molar-refractivity contribution in [2.45, 2.75) is 30.9 Å². The van der Waals surface area contributed by atoms with Crippen LogP contribution in [0.1, 0.15) is 24.2 Å². The standard InChI is InChI=1S/C29H32ClFN4O6S/c1-18-15-35(19(2)17-36)28(37)25-14-23(33-42(39,40)24-11-4-20(30)5-12-24)10-13-26(25)41-27(18)16-34(3)29(38)32-22-8-6-21(31)7-9-22/h4-14,18-19,27,33,36H,15-17H2,1-3H3,(H,32,38)/t18-,19+,27+/m0/s1. The van der Waals surface area contributed by atoms with Crippen molar-refractivity contribution < 1.29 is 32.2 Å².